The molecule has 8 nitrogen and oxygen atoms in total. The van der Waals surface area contributed by atoms with E-state index < -0.39 is 10.0 Å². The lowest BCUT2D eigenvalue weighted by molar-refractivity contribution is 0.0754. The Bertz CT molecular complexity index is 1100. The molecule has 1 aliphatic rings. The van der Waals surface area contributed by atoms with Gasteiger partial charge in [0.25, 0.3) is 5.89 Å². The van der Waals surface area contributed by atoms with Gasteiger partial charge in [0.15, 0.2) is 0 Å². The van der Waals surface area contributed by atoms with Gasteiger partial charge >= 0.3 is 11.8 Å². The van der Waals surface area contributed by atoms with Gasteiger partial charge in [-0.1, -0.05) is 6.07 Å². The zero-order chi connectivity index (χ0) is 20.4. The highest BCUT2D eigenvalue weighted by atomic mass is 32.2. The van der Waals surface area contributed by atoms with E-state index in [1.165, 1.54) is 17.4 Å². The number of carbonyl (C=O) groups excluding carboxylic acids is 1. The number of hydrogen-bond acceptors (Lipinski definition) is 8. The molecular weight excluding hydrogens is 432 g/mol. The van der Waals surface area contributed by atoms with Crippen LogP contribution in [0, 0.1) is 6.92 Å². The summed E-state index contributed by atoms with van der Waals surface area (Å²) < 4.78 is 33.5. The van der Waals surface area contributed by atoms with Crippen LogP contribution in [-0.2, 0) is 16.4 Å². The average molecular weight is 453 g/mol. The molecule has 3 aromatic heterocycles. The average Bonchev–Trinajstić information content (AvgIpc) is 3.46. The van der Waals surface area contributed by atoms with Crippen molar-refractivity contribution in [1.29, 1.82) is 0 Å². The van der Waals surface area contributed by atoms with Crippen molar-refractivity contribution in [1.82, 2.24) is 19.8 Å². The van der Waals surface area contributed by atoms with Gasteiger partial charge in [-0.25, -0.2) is 13.1 Å². The Balaban J connectivity index is 1.48. The second-order valence-electron chi connectivity index (χ2n) is 6.67. The fourth-order valence-electron chi connectivity index (χ4n) is 3.14. The topological polar surface area (TPSA) is 105 Å². The molecule has 4 rings (SSSR count). The molecule has 0 atom stereocenters. The van der Waals surface area contributed by atoms with E-state index in [0.29, 0.717) is 35.8 Å². The molecule has 1 fully saturated rings. The maximum atomic E-state index is 12.7. The Morgan fingerprint density at radius 1 is 1.31 bits per heavy atom. The highest BCUT2D eigenvalue weighted by molar-refractivity contribution is 7.89. The van der Waals surface area contributed by atoms with Crippen molar-refractivity contribution in [2.24, 2.45) is 0 Å². The van der Waals surface area contributed by atoms with Crippen LogP contribution in [0.2, 0.25) is 0 Å². The van der Waals surface area contributed by atoms with Gasteiger partial charge in [-0.05, 0) is 43.7 Å². The van der Waals surface area contributed by atoms with Crippen LogP contribution in [-0.4, -0.2) is 49.1 Å². The number of aryl methyl sites for hydroxylation is 1. The lowest BCUT2D eigenvalue weighted by atomic mass is 10.3. The van der Waals surface area contributed by atoms with Gasteiger partial charge in [0.1, 0.15) is 0 Å². The third-order valence-electron chi connectivity index (χ3n) is 4.62. The molecule has 0 aliphatic carbocycles. The number of nitrogens with one attached hydrogen (secondary N) is 1. The zero-order valence-electron chi connectivity index (χ0n) is 15.8. The lowest BCUT2D eigenvalue weighted by Gasteiger charge is -2.11. The second kappa shape index (κ2) is 8.34. The summed E-state index contributed by atoms with van der Waals surface area (Å²) in [6, 6.07) is 5.44. The Kier molecular flexibility index (Phi) is 5.81. The SMILES string of the molecule is Cc1sc(-c2nnc(C(=O)N3CCCC3)o2)cc1S(=O)(=O)NCCc1cccs1. The van der Waals surface area contributed by atoms with Gasteiger partial charge < -0.3 is 9.32 Å². The molecule has 1 saturated heterocycles. The Hall–Kier alpha value is -2.08. The smallest absolute Gasteiger partial charge is 0.311 e. The molecule has 154 valence electrons. The minimum Gasteiger partial charge on any atom is -0.411 e. The summed E-state index contributed by atoms with van der Waals surface area (Å²) in [5.74, 6) is -0.190. The van der Waals surface area contributed by atoms with Crippen molar-refractivity contribution in [3.63, 3.8) is 0 Å². The molecule has 1 N–H and O–H groups in total. The predicted octanol–water partition coefficient (Wildman–Crippen LogP) is 2.93. The summed E-state index contributed by atoms with van der Waals surface area (Å²) in [7, 11) is -3.65. The third kappa shape index (κ3) is 4.42. The quantitative estimate of drug-likeness (QED) is 0.591. The highest BCUT2D eigenvalue weighted by Crippen LogP contribution is 2.33. The maximum absolute atomic E-state index is 12.7. The summed E-state index contributed by atoms with van der Waals surface area (Å²) in [5.41, 5.74) is 0. The number of carbonyl (C=O) groups is 1. The number of aromatic nitrogens is 2. The third-order valence-corrected chi connectivity index (χ3v) is 8.31. The lowest BCUT2D eigenvalue weighted by Crippen LogP contribution is -2.27. The summed E-state index contributed by atoms with van der Waals surface area (Å²) in [5, 5.41) is 9.76. The number of nitrogens with zero attached hydrogens (tertiary/aromatic N) is 3. The van der Waals surface area contributed by atoms with Crippen LogP contribution in [0.15, 0.2) is 32.9 Å². The largest absolute Gasteiger partial charge is 0.411 e. The van der Waals surface area contributed by atoms with E-state index in [1.54, 1.807) is 23.2 Å². The van der Waals surface area contributed by atoms with E-state index in [2.05, 4.69) is 14.9 Å². The van der Waals surface area contributed by atoms with Crippen molar-refractivity contribution in [2.75, 3.05) is 19.6 Å². The molecule has 0 bridgehead atoms. The molecule has 1 aliphatic heterocycles. The molecule has 0 aromatic carbocycles. The first kappa shape index (κ1) is 20.2. The van der Waals surface area contributed by atoms with E-state index in [1.807, 2.05) is 17.5 Å². The molecular formula is C18H20N4O4S3. The monoisotopic (exact) mass is 452 g/mol. The van der Waals surface area contributed by atoms with Gasteiger partial charge in [0, 0.05) is 29.4 Å². The minimum atomic E-state index is -3.65. The van der Waals surface area contributed by atoms with E-state index in [9.17, 15) is 13.2 Å². The molecule has 4 heterocycles. The molecule has 3 aromatic rings. The Morgan fingerprint density at radius 2 is 2.10 bits per heavy atom. The summed E-state index contributed by atoms with van der Waals surface area (Å²) in [6.07, 6.45) is 2.58. The van der Waals surface area contributed by atoms with Crippen LogP contribution in [0.25, 0.3) is 10.8 Å². The van der Waals surface area contributed by atoms with Gasteiger partial charge in [-0.15, -0.1) is 32.9 Å². The number of amides is 1. The van der Waals surface area contributed by atoms with E-state index in [-0.39, 0.29) is 22.6 Å². The predicted molar refractivity (Wildman–Crippen MR) is 111 cm³/mol. The number of likely N-dealkylation sites (tertiary alicyclic amines) is 1. The minimum absolute atomic E-state index is 0.0635. The van der Waals surface area contributed by atoms with Crippen LogP contribution in [0.5, 0.6) is 0 Å². The van der Waals surface area contributed by atoms with Gasteiger partial charge in [0.05, 0.1) is 9.77 Å². The number of sulfonamides is 1. The summed E-state index contributed by atoms with van der Waals surface area (Å²) in [6.45, 7) is 3.43. The van der Waals surface area contributed by atoms with E-state index >= 15 is 0 Å². The molecule has 0 unspecified atom stereocenters. The van der Waals surface area contributed by atoms with E-state index in [0.717, 1.165) is 17.7 Å². The second-order valence-corrected chi connectivity index (χ2v) is 10.7. The molecule has 11 heteroatoms. The van der Waals surface area contributed by atoms with Gasteiger partial charge in [-0.3, -0.25) is 4.79 Å². The molecule has 0 spiro atoms. The number of hydrogen-bond donors (Lipinski definition) is 1. The van der Waals surface area contributed by atoms with Crippen LogP contribution in [0.3, 0.4) is 0 Å². The molecule has 29 heavy (non-hydrogen) atoms. The van der Waals surface area contributed by atoms with Gasteiger partial charge in [-0.2, -0.15) is 0 Å². The Labute approximate surface area is 176 Å². The Morgan fingerprint density at radius 3 is 2.83 bits per heavy atom. The summed E-state index contributed by atoms with van der Waals surface area (Å²) in [4.78, 5) is 16.5. The standard InChI is InChI=1S/C18H20N4O4S3/c1-12-15(29(24,25)19-7-6-13-5-4-10-27-13)11-14(28-12)16-20-21-17(26-16)18(23)22-8-2-3-9-22/h4-5,10-11,19H,2-3,6-9H2,1H3. The fraction of sp³-hybridized carbons (Fsp3) is 0.389. The van der Waals surface area contributed by atoms with Crippen molar-refractivity contribution < 1.29 is 17.6 Å². The van der Waals surface area contributed by atoms with Crippen molar-refractivity contribution in [3.05, 3.63) is 39.2 Å². The first-order valence-corrected chi connectivity index (χ1v) is 12.4. The van der Waals surface area contributed by atoms with Crippen LogP contribution in [0.1, 0.15) is 33.3 Å². The number of rotatable bonds is 7. The normalized spacial score (nSPS) is 14.6. The molecule has 0 saturated carbocycles. The van der Waals surface area contributed by atoms with Crippen LogP contribution < -0.4 is 4.72 Å². The van der Waals surface area contributed by atoms with Crippen molar-refractivity contribution in [3.8, 4) is 10.8 Å². The first-order valence-electron chi connectivity index (χ1n) is 9.20. The van der Waals surface area contributed by atoms with E-state index in [4.69, 9.17) is 4.42 Å². The van der Waals surface area contributed by atoms with Crippen LogP contribution in [0.4, 0.5) is 0 Å². The van der Waals surface area contributed by atoms with Crippen molar-refractivity contribution in [2.45, 2.75) is 31.1 Å². The highest BCUT2D eigenvalue weighted by Gasteiger charge is 2.26. The number of thiophene rings is 2. The van der Waals surface area contributed by atoms with Crippen LogP contribution >= 0.6 is 22.7 Å². The fourth-order valence-corrected chi connectivity index (χ4v) is 6.39. The maximum Gasteiger partial charge on any atom is 0.311 e. The van der Waals surface area contributed by atoms with Crippen molar-refractivity contribution >= 4 is 38.6 Å². The zero-order valence-corrected chi connectivity index (χ0v) is 18.2. The molecule has 1 amide bonds. The van der Waals surface area contributed by atoms with Gasteiger partial charge in [0.2, 0.25) is 10.0 Å². The summed E-state index contributed by atoms with van der Waals surface area (Å²) >= 11 is 2.84. The molecule has 0 radical (unpaired) electrons. The first-order chi connectivity index (χ1) is 13.9.